The highest BCUT2D eigenvalue weighted by atomic mass is 32.2. The quantitative estimate of drug-likeness (QED) is 0.612. The van der Waals surface area contributed by atoms with E-state index in [0.29, 0.717) is 11.0 Å². The van der Waals surface area contributed by atoms with E-state index >= 15 is 0 Å². The lowest BCUT2D eigenvalue weighted by atomic mass is 10.1. The fourth-order valence-corrected chi connectivity index (χ4v) is 2.65. The van der Waals surface area contributed by atoms with Gasteiger partial charge in [0.2, 0.25) is 0 Å². The molecule has 0 aromatic heterocycles. The van der Waals surface area contributed by atoms with Gasteiger partial charge in [-0.25, -0.2) is 13.2 Å². The second kappa shape index (κ2) is 6.13. The molecule has 1 unspecified atom stereocenters. The molecule has 2 aromatic carbocycles. The predicted molar refractivity (Wildman–Crippen MR) is 72.4 cm³/mol. The Balaban J connectivity index is 2.19. The van der Waals surface area contributed by atoms with Gasteiger partial charge in [-0.1, -0.05) is 12.1 Å². The SMILES string of the molecule is CC(Sc1ccccc1F)C(=O)c1ccc(F)cc1F. The van der Waals surface area contributed by atoms with Crippen LogP contribution in [0.4, 0.5) is 13.2 Å². The number of carbonyl (C=O) groups excluding carboxylic acids is 1. The van der Waals surface area contributed by atoms with Crippen molar-refractivity contribution in [2.45, 2.75) is 17.1 Å². The fourth-order valence-electron chi connectivity index (χ4n) is 1.69. The van der Waals surface area contributed by atoms with Crippen LogP contribution in [0.25, 0.3) is 0 Å². The summed E-state index contributed by atoms with van der Waals surface area (Å²) in [6.45, 7) is 1.56. The van der Waals surface area contributed by atoms with Gasteiger partial charge < -0.3 is 0 Å². The maximum absolute atomic E-state index is 13.5. The van der Waals surface area contributed by atoms with Crippen molar-refractivity contribution in [3.8, 4) is 0 Å². The molecule has 0 heterocycles. The first-order valence-electron chi connectivity index (χ1n) is 5.89. The summed E-state index contributed by atoms with van der Waals surface area (Å²) in [5, 5.41) is -0.674. The largest absolute Gasteiger partial charge is 0.293 e. The summed E-state index contributed by atoms with van der Waals surface area (Å²) in [4.78, 5) is 12.4. The number of carbonyl (C=O) groups is 1. The summed E-state index contributed by atoms with van der Waals surface area (Å²) < 4.78 is 39.8. The molecular formula is C15H11F3OS. The Labute approximate surface area is 118 Å². The number of rotatable bonds is 4. The van der Waals surface area contributed by atoms with E-state index in [1.807, 2.05) is 0 Å². The summed E-state index contributed by atoms with van der Waals surface area (Å²) >= 11 is 1.00. The summed E-state index contributed by atoms with van der Waals surface area (Å²) in [5.74, 6) is -2.59. The average molecular weight is 296 g/mol. The second-order valence-electron chi connectivity index (χ2n) is 4.18. The van der Waals surface area contributed by atoms with E-state index in [-0.39, 0.29) is 5.56 Å². The number of Topliss-reactive ketones (excluding diaryl/α,β-unsaturated/α-hetero) is 1. The smallest absolute Gasteiger partial charge is 0.178 e. The van der Waals surface area contributed by atoms with Gasteiger partial charge in [0.1, 0.15) is 17.5 Å². The molecule has 0 radical (unpaired) electrons. The maximum Gasteiger partial charge on any atom is 0.178 e. The van der Waals surface area contributed by atoms with Crippen molar-refractivity contribution >= 4 is 17.5 Å². The molecule has 0 saturated carbocycles. The average Bonchev–Trinajstić information content (AvgIpc) is 2.40. The molecule has 0 aliphatic heterocycles. The lowest BCUT2D eigenvalue weighted by molar-refractivity contribution is 0.0990. The number of ketones is 1. The van der Waals surface area contributed by atoms with Gasteiger partial charge in [-0.15, -0.1) is 11.8 Å². The van der Waals surface area contributed by atoms with E-state index in [1.54, 1.807) is 25.1 Å². The normalized spacial score (nSPS) is 12.2. The van der Waals surface area contributed by atoms with Crippen molar-refractivity contribution < 1.29 is 18.0 Å². The summed E-state index contributed by atoms with van der Waals surface area (Å²) in [5.41, 5.74) is -0.192. The topological polar surface area (TPSA) is 17.1 Å². The molecule has 0 saturated heterocycles. The lowest BCUT2D eigenvalue weighted by Crippen LogP contribution is -2.15. The maximum atomic E-state index is 13.5. The molecule has 0 amide bonds. The molecule has 1 nitrogen and oxygen atoms in total. The Kier molecular flexibility index (Phi) is 4.49. The summed E-state index contributed by atoms with van der Waals surface area (Å²) in [6, 6.07) is 8.82. The Bertz CT molecular complexity index is 643. The van der Waals surface area contributed by atoms with Gasteiger partial charge in [0.25, 0.3) is 0 Å². The molecular weight excluding hydrogens is 285 g/mol. The van der Waals surface area contributed by atoms with Crippen molar-refractivity contribution in [1.29, 1.82) is 0 Å². The molecule has 1 atom stereocenters. The second-order valence-corrected chi connectivity index (χ2v) is 5.56. The zero-order valence-electron chi connectivity index (χ0n) is 10.6. The Morgan fingerprint density at radius 1 is 1.05 bits per heavy atom. The van der Waals surface area contributed by atoms with E-state index < -0.39 is 28.5 Å². The number of benzene rings is 2. The zero-order chi connectivity index (χ0) is 14.7. The fraction of sp³-hybridized carbons (Fsp3) is 0.133. The number of hydrogen-bond donors (Lipinski definition) is 0. The van der Waals surface area contributed by atoms with Gasteiger partial charge in [0.15, 0.2) is 5.78 Å². The molecule has 0 spiro atoms. The molecule has 0 aliphatic carbocycles. The molecule has 2 rings (SSSR count). The van der Waals surface area contributed by atoms with Crippen LogP contribution in [0.3, 0.4) is 0 Å². The van der Waals surface area contributed by atoms with Gasteiger partial charge in [0, 0.05) is 11.0 Å². The van der Waals surface area contributed by atoms with Crippen LogP contribution in [0, 0.1) is 17.5 Å². The molecule has 20 heavy (non-hydrogen) atoms. The first-order valence-corrected chi connectivity index (χ1v) is 6.77. The van der Waals surface area contributed by atoms with Crippen molar-refractivity contribution in [2.24, 2.45) is 0 Å². The highest BCUT2D eigenvalue weighted by Crippen LogP contribution is 2.28. The van der Waals surface area contributed by atoms with Gasteiger partial charge in [-0.2, -0.15) is 0 Å². The first-order chi connectivity index (χ1) is 9.49. The highest BCUT2D eigenvalue weighted by Gasteiger charge is 2.21. The minimum absolute atomic E-state index is 0.192. The van der Waals surface area contributed by atoms with Crippen molar-refractivity contribution in [2.75, 3.05) is 0 Å². The summed E-state index contributed by atoms with van der Waals surface area (Å²) in [6.07, 6.45) is 0. The van der Waals surface area contributed by atoms with Crippen LogP contribution in [0.5, 0.6) is 0 Å². The van der Waals surface area contributed by atoms with Crippen molar-refractivity contribution in [3.63, 3.8) is 0 Å². The third-order valence-corrected chi connectivity index (χ3v) is 3.86. The molecule has 0 N–H and O–H groups in total. The highest BCUT2D eigenvalue weighted by molar-refractivity contribution is 8.00. The summed E-state index contributed by atoms with van der Waals surface area (Å²) in [7, 11) is 0. The van der Waals surface area contributed by atoms with Crippen LogP contribution >= 0.6 is 11.8 Å². The Hall–Kier alpha value is -1.75. The molecule has 0 fully saturated rings. The molecule has 2 aromatic rings. The Morgan fingerprint density at radius 2 is 1.75 bits per heavy atom. The molecule has 104 valence electrons. The van der Waals surface area contributed by atoms with Crippen LogP contribution in [0.2, 0.25) is 0 Å². The standard InChI is InChI=1S/C15H11F3OS/c1-9(20-14-5-3-2-4-12(14)17)15(19)11-7-6-10(16)8-13(11)18/h2-9H,1H3. The zero-order valence-corrected chi connectivity index (χ0v) is 11.4. The van der Waals surface area contributed by atoms with E-state index in [1.165, 1.54) is 6.07 Å². The van der Waals surface area contributed by atoms with Crippen LogP contribution in [0.1, 0.15) is 17.3 Å². The number of hydrogen-bond acceptors (Lipinski definition) is 2. The molecule has 0 aliphatic rings. The van der Waals surface area contributed by atoms with Crippen LogP contribution < -0.4 is 0 Å². The van der Waals surface area contributed by atoms with E-state index in [4.69, 9.17) is 0 Å². The Morgan fingerprint density at radius 3 is 2.40 bits per heavy atom. The minimum Gasteiger partial charge on any atom is -0.293 e. The lowest BCUT2D eigenvalue weighted by Gasteiger charge is -2.11. The van der Waals surface area contributed by atoms with Gasteiger partial charge in [0.05, 0.1) is 10.8 Å². The van der Waals surface area contributed by atoms with Crippen molar-refractivity contribution in [1.82, 2.24) is 0 Å². The van der Waals surface area contributed by atoms with E-state index in [0.717, 1.165) is 23.9 Å². The van der Waals surface area contributed by atoms with Crippen LogP contribution in [0.15, 0.2) is 47.4 Å². The minimum atomic E-state index is -0.906. The first kappa shape index (κ1) is 14.7. The molecule has 5 heteroatoms. The van der Waals surface area contributed by atoms with Gasteiger partial charge >= 0.3 is 0 Å². The number of thioether (sulfide) groups is 1. The predicted octanol–water partition coefficient (Wildman–Crippen LogP) is 4.47. The molecule has 0 bridgehead atoms. The van der Waals surface area contributed by atoms with Gasteiger partial charge in [-0.05, 0) is 31.2 Å². The van der Waals surface area contributed by atoms with E-state index in [9.17, 15) is 18.0 Å². The third-order valence-electron chi connectivity index (χ3n) is 2.71. The van der Waals surface area contributed by atoms with E-state index in [2.05, 4.69) is 0 Å². The van der Waals surface area contributed by atoms with Gasteiger partial charge in [-0.3, -0.25) is 4.79 Å². The van der Waals surface area contributed by atoms with Crippen molar-refractivity contribution in [3.05, 3.63) is 65.5 Å². The monoisotopic (exact) mass is 296 g/mol. The van der Waals surface area contributed by atoms with Crippen LogP contribution in [-0.4, -0.2) is 11.0 Å². The van der Waals surface area contributed by atoms with Crippen LogP contribution in [-0.2, 0) is 0 Å². The number of halogens is 3. The third kappa shape index (κ3) is 3.22.